The van der Waals surface area contributed by atoms with Gasteiger partial charge in [-0.25, -0.2) is 0 Å². The molecule has 1 N–H and O–H groups in total. The standard InChI is InChI=1S/C12H20N4O/c1-8-5-11(15(4)14-8)12(17)16-6-9(2)13-10(3)7-16/h5,9-10,13H,6-7H2,1-4H3. The molecule has 1 amide bonds. The van der Waals surface area contributed by atoms with Crippen molar-refractivity contribution in [2.24, 2.45) is 7.05 Å². The molecular weight excluding hydrogens is 216 g/mol. The summed E-state index contributed by atoms with van der Waals surface area (Å²) in [4.78, 5) is 14.3. The number of carbonyl (C=O) groups is 1. The molecule has 1 aromatic rings. The van der Waals surface area contributed by atoms with E-state index in [4.69, 9.17) is 0 Å². The molecule has 1 aromatic heterocycles. The average Bonchev–Trinajstić information content (AvgIpc) is 2.55. The van der Waals surface area contributed by atoms with Crippen LogP contribution < -0.4 is 5.32 Å². The molecule has 5 nitrogen and oxygen atoms in total. The molecule has 0 saturated carbocycles. The second-order valence-electron chi connectivity index (χ2n) is 4.97. The van der Waals surface area contributed by atoms with Crippen molar-refractivity contribution in [2.45, 2.75) is 32.9 Å². The summed E-state index contributed by atoms with van der Waals surface area (Å²) in [6, 6.07) is 2.54. The predicted molar refractivity (Wildman–Crippen MR) is 65.9 cm³/mol. The molecule has 1 fully saturated rings. The Bertz CT molecular complexity index is 416. The van der Waals surface area contributed by atoms with Crippen molar-refractivity contribution in [3.8, 4) is 0 Å². The summed E-state index contributed by atoms with van der Waals surface area (Å²) in [5.74, 6) is 0.0771. The number of aromatic nitrogens is 2. The molecule has 94 valence electrons. The lowest BCUT2D eigenvalue weighted by Gasteiger charge is -2.36. The van der Waals surface area contributed by atoms with E-state index in [1.54, 1.807) is 4.68 Å². The van der Waals surface area contributed by atoms with Crippen LogP contribution in [0.2, 0.25) is 0 Å². The van der Waals surface area contributed by atoms with Gasteiger partial charge in [-0.2, -0.15) is 5.10 Å². The number of piperazine rings is 1. The van der Waals surface area contributed by atoms with E-state index in [2.05, 4.69) is 24.3 Å². The summed E-state index contributed by atoms with van der Waals surface area (Å²) < 4.78 is 1.66. The first kappa shape index (κ1) is 12.1. The Labute approximate surface area is 102 Å². The second kappa shape index (κ2) is 4.49. The number of nitrogens with one attached hydrogen (secondary N) is 1. The largest absolute Gasteiger partial charge is 0.334 e. The summed E-state index contributed by atoms with van der Waals surface area (Å²) in [6.45, 7) is 7.62. The van der Waals surface area contributed by atoms with Gasteiger partial charge < -0.3 is 10.2 Å². The number of aryl methyl sites for hydroxylation is 2. The average molecular weight is 236 g/mol. The van der Waals surface area contributed by atoms with E-state index in [0.717, 1.165) is 18.8 Å². The first-order valence-corrected chi connectivity index (χ1v) is 6.03. The zero-order valence-corrected chi connectivity index (χ0v) is 10.9. The molecule has 17 heavy (non-hydrogen) atoms. The Morgan fingerprint density at radius 3 is 2.47 bits per heavy atom. The fourth-order valence-corrected chi connectivity index (χ4v) is 2.47. The van der Waals surface area contributed by atoms with E-state index < -0.39 is 0 Å². The van der Waals surface area contributed by atoms with Gasteiger partial charge in [0.15, 0.2) is 0 Å². The zero-order chi connectivity index (χ0) is 12.6. The van der Waals surface area contributed by atoms with Crippen molar-refractivity contribution in [2.75, 3.05) is 13.1 Å². The summed E-state index contributed by atoms with van der Waals surface area (Å²) >= 11 is 0. The molecule has 0 radical (unpaired) electrons. The normalized spacial score (nSPS) is 25.1. The van der Waals surface area contributed by atoms with E-state index in [1.165, 1.54) is 0 Å². The first-order valence-electron chi connectivity index (χ1n) is 6.03. The fraction of sp³-hybridized carbons (Fsp3) is 0.667. The van der Waals surface area contributed by atoms with Crippen molar-refractivity contribution in [1.29, 1.82) is 0 Å². The number of hydrogen-bond donors (Lipinski definition) is 1. The maximum atomic E-state index is 12.4. The van der Waals surface area contributed by atoms with Gasteiger partial charge in [0.2, 0.25) is 0 Å². The molecule has 2 atom stereocenters. The molecule has 0 spiro atoms. The Morgan fingerprint density at radius 2 is 2.00 bits per heavy atom. The van der Waals surface area contributed by atoms with Crippen LogP contribution in [0.25, 0.3) is 0 Å². The van der Waals surface area contributed by atoms with Crippen molar-refractivity contribution >= 4 is 5.91 Å². The maximum absolute atomic E-state index is 12.4. The van der Waals surface area contributed by atoms with E-state index in [-0.39, 0.29) is 5.91 Å². The molecule has 1 saturated heterocycles. The lowest BCUT2D eigenvalue weighted by atomic mass is 10.1. The number of hydrogen-bond acceptors (Lipinski definition) is 3. The third kappa shape index (κ3) is 2.49. The topological polar surface area (TPSA) is 50.2 Å². The molecule has 2 rings (SSSR count). The molecule has 2 unspecified atom stereocenters. The van der Waals surface area contributed by atoms with Crippen LogP contribution in [-0.2, 0) is 7.05 Å². The number of carbonyl (C=O) groups excluding carboxylic acids is 1. The van der Waals surface area contributed by atoms with Crippen molar-refractivity contribution in [3.63, 3.8) is 0 Å². The quantitative estimate of drug-likeness (QED) is 0.774. The highest BCUT2D eigenvalue weighted by Gasteiger charge is 2.27. The third-order valence-corrected chi connectivity index (χ3v) is 3.07. The molecule has 5 heteroatoms. The highest BCUT2D eigenvalue weighted by Crippen LogP contribution is 2.11. The zero-order valence-electron chi connectivity index (χ0n) is 10.9. The summed E-state index contributed by atoms with van der Waals surface area (Å²) in [5.41, 5.74) is 1.55. The van der Waals surface area contributed by atoms with E-state index in [0.29, 0.717) is 17.8 Å². The highest BCUT2D eigenvalue weighted by atomic mass is 16.2. The van der Waals surface area contributed by atoms with Gasteiger partial charge in [0.1, 0.15) is 5.69 Å². The maximum Gasteiger partial charge on any atom is 0.272 e. The van der Waals surface area contributed by atoms with Crippen LogP contribution in [0.1, 0.15) is 30.0 Å². The lowest BCUT2D eigenvalue weighted by Crippen LogP contribution is -2.56. The molecular formula is C12H20N4O. The summed E-state index contributed by atoms with van der Waals surface area (Å²) in [7, 11) is 1.81. The smallest absolute Gasteiger partial charge is 0.272 e. The van der Waals surface area contributed by atoms with Gasteiger partial charge >= 0.3 is 0 Å². The van der Waals surface area contributed by atoms with E-state index >= 15 is 0 Å². The van der Waals surface area contributed by atoms with Gasteiger partial charge in [0.25, 0.3) is 5.91 Å². The fourth-order valence-electron chi connectivity index (χ4n) is 2.47. The van der Waals surface area contributed by atoms with Gasteiger partial charge in [-0.1, -0.05) is 0 Å². The molecule has 0 bridgehead atoms. The first-order chi connectivity index (χ1) is 7.97. The number of nitrogens with zero attached hydrogens (tertiary/aromatic N) is 3. The van der Waals surface area contributed by atoms with Crippen LogP contribution in [0, 0.1) is 6.92 Å². The third-order valence-electron chi connectivity index (χ3n) is 3.07. The van der Waals surface area contributed by atoms with Crippen LogP contribution >= 0.6 is 0 Å². The van der Waals surface area contributed by atoms with Crippen molar-refractivity contribution in [1.82, 2.24) is 20.0 Å². The van der Waals surface area contributed by atoms with Crippen LogP contribution in [-0.4, -0.2) is 45.8 Å². The van der Waals surface area contributed by atoms with Crippen LogP contribution in [0.3, 0.4) is 0 Å². The van der Waals surface area contributed by atoms with Gasteiger partial charge in [-0.15, -0.1) is 0 Å². The van der Waals surface area contributed by atoms with Crippen LogP contribution in [0.4, 0.5) is 0 Å². The Morgan fingerprint density at radius 1 is 1.41 bits per heavy atom. The van der Waals surface area contributed by atoms with Crippen molar-refractivity contribution in [3.05, 3.63) is 17.5 Å². The molecule has 0 aliphatic carbocycles. The SMILES string of the molecule is Cc1cc(C(=O)N2CC(C)NC(C)C2)n(C)n1. The van der Waals surface area contributed by atoms with Gasteiger partial charge in [0, 0.05) is 32.2 Å². The van der Waals surface area contributed by atoms with E-state index in [1.807, 2.05) is 24.9 Å². The monoisotopic (exact) mass is 236 g/mol. The number of rotatable bonds is 1. The molecule has 1 aliphatic heterocycles. The minimum Gasteiger partial charge on any atom is -0.334 e. The Balaban J connectivity index is 2.17. The van der Waals surface area contributed by atoms with E-state index in [9.17, 15) is 4.79 Å². The lowest BCUT2D eigenvalue weighted by molar-refractivity contribution is 0.0662. The Kier molecular flexibility index (Phi) is 3.19. The van der Waals surface area contributed by atoms with Crippen molar-refractivity contribution < 1.29 is 4.79 Å². The highest BCUT2D eigenvalue weighted by molar-refractivity contribution is 5.92. The minimum absolute atomic E-state index is 0.0771. The second-order valence-corrected chi connectivity index (χ2v) is 4.97. The minimum atomic E-state index is 0.0771. The summed E-state index contributed by atoms with van der Waals surface area (Å²) in [6.07, 6.45) is 0. The summed E-state index contributed by atoms with van der Waals surface area (Å²) in [5, 5.41) is 7.64. The number of amides is 1. The molecule has 1 aliphatic rings. The van der Waals surface area contributed by atoms with Gasteiger partial charge in [-0.05, 0) is 26.8 Å². The van der Waals surface area contributed by atoms with Gasteiger partial charge in [-0.3, -0.25) is 9.48 Å². The molecule has 0 aromatic carbocycles. The Hall–Kier alpha value is -1.36. The van der Waals surface area contributed by atoms with Crippen LogP contribution in [0.5, 0.6) is 0 Å². The van der Waals surface area contributed by atoms with Gasteiger partial charge in [0.05, 0.1) is 5.69 Å². The molecule has 2 heterocycles. The van der Waals surface area contributed by atoms with Crippen LogP contribution in [0.15, 0.2) is 6.07 Å². The predicted octanol–water partition coefficient (Wildman–Crippen LogP) is 0.551.